The summed E-state index contributed by atoms with van der Waals surface area (Å²) in [7, 11) is 1.53. The number of carbonyl (C=O) groups excluding carboxylic acids is 1. The fourth-order valence-corrected chi connectivity index (χ4v) is 2.59. The minimum Gasteiger partial charge on any atom is -0.375 e. The number of halogens is 1. The van der Waals surface area contributed by atoms with Gasteiger partial charge in [0.15, 0.2) is 0 Å². The van der Waals surface area contributed by atoms with Gasteiger partial charge in [0.05, 0.1) is 6.10 Å². The predicted octanol–water partition coefficient (Wildman–Crippen LogP) is 4.06. The Hall–Kier alpha value is -2.11. The van der Waals surface area contributed by atoms with Crippen LogP contribution in [0.3, 0.4) is 0 Å². The lowest BCUT2D eigenvalue weighted by atomic mass is 10.1. The van der Waals surface area contributed by atoms with Crippen molar-refractivity contribution in [1.29, 1.82) is 0 Å². The summed E-state index contributed by atoms with van der Waals surface area (Å²) in [5.74, 6) is -0.545. The van der Waals surface area contributed by atoms with Crippen LogP contribution in [-0.2, 0) is 9.53 Å². The van der Waals surface area contributed by atoms with E-state index in [2.05, 4.69) is 5.32 Å². The molecule has 126 valence electrons. The molecule has 0 aliphatic rings. The molecule has 0 saturated carbocycles. The Kier molecular flexibility index (Phi) is 7.03. The standard InChI is InChI=1S/C19H20FNO2S/c1-23-18(15-4-3-5-16(20)12-15)13-21-19(22)11-8-14-6-9-17(24-2)10-7-14/h3-12,18H,13H2,1-2H3,(H,21,22)/b11-8+/t18-/m1/s1. The Morgan fingerprint density at radius 3 is 2.67 bits per heavy atom. The van der Waals surface area contributed by atoms with Crippen molar-refractivity contribution < 1.29 is 13.9 Å². The van der Waals surface area contributed by atoms with E-state index < -0.39 is 0 Å². The number of ether oxygens (including phenoxy) is 1. The molecule has 1 atom stereocenters. The summed E-state index contributed by atoms with van der Waals surface area (Å²) >= 11 is 1.67. The average Bonchev–Trinajstić information content (AvgIpc) is 2.61. The maximum Gasteiger partial charge on any atom is 0.244 e. The average molecular weight is 345 g/mol. The third-order valence-corrected chi connectivity index (χ3v) is 4.25. The number of carbonyl (C=O) groups is 1. The van der Waals surface area contributed by atoms with Crippen molar-refractivity contribution in [1.82, 2.24) is 5.32 Å². The molecule has 0 spiro atoms. The zero-order valence-corrected chi connectivity index (χ0v) is 14.5. The Bertz CT molecular complexity index is 701. The van der Waals surface area contributed by atoms with Crippen LogP contribution >= 0.6 is 11.8 Å². The molecule has 0 unspecified atom stereocenters. The van der Waals surface area contributed by atoms with Crippen LogP contribution in [0.15, 0.2) is 59.5 Å². The number of hydrogen-bond donors (Lipinski definition) is 1. The monoisotopic (exact) mass is 345 g/mol. The third-order valence-electron chi connectivity index (χ3n) is 3.51. The number of methoxy groups -OCH3 is 1. The minimum atomic E-state index is -0.390. The SMILES string of the molecule is CO[C@H](CNC(=O)/C=C/c1ccc(SC)cc1)c1cccc(F)c1. The smallest absolute Gasteiger partial charge is 0.244 e. The topological polar surface area (TPSA) is 38.3 Å². The van der Waals surface area contributed by atoms with E-state index in [-0.39, 0.29) is 24.4 Å². The number of benzene rings is 2. The largest absolute Gasteiger partial charge is 0.375 e. The van der Waals surface area contributed by atoms with Gasteiger partial charge in [0.1, 0.15) is 5.82 Å². The molecule has 0 aliphatic heterocycles. The lowest BCUT2D eigenvalue weighted by molar-refractivity contribution is -0.117. The molecular formula is C19H20FNO2S. The molecule has 2 aromatic carbocycles. The van der Waals surface area contributed by atoms with Crippen molar-refractivity contribution >= 4 is 23.7 Å². The molecule has 0 bridgehead atoms. The first kappa shape index (κ1) is 18.2. The Labute approximate surface area is 145 Å². The molecule has 0 fully saturated rings. The van der Waals surface area contributed by atoms with E-state index in [1.54, 1.807) is 30.0 Å². The van der Waals surface area contributed by atoms with Crippen molar-refractivity contribution in [2.45, 2.75) is 11.0 Å². The minimum absolute atomic E-state index is 0.220. The summed E-state index contributed by atoms with van der Waals surface area (Å²) in [6, 6.07) is 14.1. The van der Waals surface area contributed by atoms with E-state index >= 15 is 0 Å². The van der Waals surface area contributed by atoms with E-state index in [0.717, 1.165) is 5.56 Å². The molecule has 24 heavy (non-hydrogen) atoms. The zero-order valence-electron chi connectivity index (χ0n) is 13.7. The van der Waals surface area contributed by atoms with Gasteiger partial charge < -0.3 is 10.1 Å². The van der Waals surface area contributed by atoms with Gasteiger partial charge in [-0.2, -0.15) is 0 Å². The Balaban J connectivity index is 1.90. The molecule has 2 aromatic rings. The first-order chi connectivity index (χ1) is 11.6. The normalized spacial score (nSPS) is 12.3. The summed E-state index contributed by atoms with van der Waals surface area (Å²) in [6.45, 7) is 0.272. The van der Waals surface area contributed by atoms with E-state index in [9.17, 15) is 9.18 Å². The fourth-order valence-electron chi connectivity index (χ4n) is 2.18. The van der Waals surface area contributed by atoms with Gasteiger partial charge in [-0.1, -0.05) is 24.3 Å². The van der Waals surface area contributed by atoms with Crippen LogP contribution in [0.1, 0.15) is 17.2 Å². The van der Waals surface area contributed by atoms with Crippen molar-refractivity contribution in [2.24, 2.45) is 0 Å². The Morgan fingerprint density at radius 1 is 1.29 bits per heavy atom. The summed E-state index contributed by atoms with van der Waals surface area (Å²) in [5.41, 5.74) is 1.64. The molecule has 0 heterocycles. The number of hydrogen-bond acceptors (Lipinski definition) is 3. The number of thioether (sulfide) groups is 1. The zero-order chi connectivity index (χ0) is 17.4. The number of nitrogens with one attached hydrogen (secondary N) is 1. The van der Waals surface area contributed by atoms with E-state index in [1.165, 1.54) is 30.2 Å². The van der Waals surface area contributed by atoms with Gasteiger partial charge in [-0.3, -0.25) is 4.79 Å². The predicted molar refractivity (Wildman–Crippen MR) is 96.4 cm³/mol. The fraction of sp³-hybridized carbons (Fsp3) is 0.211. The summed E-state index contributed by atoms with van der Waals surface area (Å²) in [4.78, 5) is 13.1. The van der Waals surface area contributed by atoms with Crippen LogP contribution in [-0.4, -0.2) is 25.8 Å². The molecule has 0 aromatic heterocycles. The third kappa shape index (κ3) is 5.51. The molecule has 3 nitrogen and oxygen atoms in total. The van der Waals surface area contributed by atoms with Gasteiger partial charge in [-0.15, -0.1) is 11.8 Å². The lowest BCUT2D eigenvalue weighted by Gasteiger charge is -2.16. The highest BCUT2D eigenvalue weighted by atomic mass is 32.2. The van der Waals surface area contributed by atoms with Crippen molar-refractivity contribution in [2.75, 3.05) is 19.9 Å². The Morgan fingerprint density at radius 2 is 2.04 bits per heavy atom. The molecule has 0 radical (unpaired) electrons. The first-order valence-electron chi connectivity index (χ1n) is 7.50. The molecule has 2 rings (SSSR count). The van der Waals surface area contributed by atoms with Crippen LogP contribution in [0.25, 0.3) is 6.08 Å². The van der Waals surface area contributed by atoms with Crippen LogP contribution in [0.5, 0.6) is 0 Å². The highest BCUT2D eigenvalue weighted by molar-refractivity contribution is 7.98. The second-order valence-electron chi connectivity index (χ2n) is 5.13. The van der Waals surface area contributed by atoms with Gasteiger partial charge in [0.2, 0.25) is 5.91 Å². The number of rotatable bonds is 7. The van der Waals surface area contributed by atoms with Crippen LogP contribution in [0, 0.1) is 5.82 Å². The molecule has 0 saturated heterocycles. The van der Waals surface area contributed by atoms with Crippen molar-refractivity contribution in [3.8, 4) is 0 Å². The summed E-state index contributed by atoms with van der Waals surface area (Å²) in [6.07, 6.45) is 4.86. The van der Waals surface area contributed by atoms with Gasteiger partial charge in [0.25, 0.3) is 0 Å². The van der Waals surface area contributed by atoms with Crippen LogP contribution in [0.2, 0.25) is 0 Å². The number of amides is 1. The quantitative estimate of drug-likeness (QED) is 0.607. The summed E-state index contributed by atoms with van der Waals surface area (Å²) in [5, 5.41) is 2.77. The summed E-state index contributed by atoms with van der Waals surface area (Å²) < 4.78 is 18.6. The molecule has 5 heteroatoms. The molecular weight excluding hydrogens is 325 g/mol. The van der Waals surface area contributed by atoms with Gasteiger partial charge in [-0.05, 0) is 47.7 Å². The lowest BCUT2D eigenvalue weighted by Crippen LogP contribution is -2.27. The van der Waals surface area contributed by atoms with E-state index in [1.807, 2.05) is 30.5 Å². The second kappa shape index (κ2) is 9.25. The second-order valence-corrected chi connectivity index (χ2v) is 6.01. The molecule has 1 amide bonds. The van der Waals surface area contributed by atoms with Crippen LogP contribution in [0.4, 0.5) is 4.39 Å². The van der Waals surface area contributed by atoms with E-state index in [0.29, 0.717) is 5.56 Å². The van der Waals surface area contributed by atoms with Crippen molar-refractivity contribution in [3.63, 3.8) is 0 Å². The highest BCUT2D eigenvalue weighted by Gasteiger charge is 2.11. The van der Waals surface area contributed by atoms with Crippen molar-refractivity contribution in [3.05, 3.63) is 71.6 Å². The van der Waals surface area contributed by atoms with Crippen LogP contribution < -0.4 is 5.32 Å². The maximum absolute atomic E-state index is 13.3. The van der Waals surface area contributed by atoms with Gasteiger partial charge in [0, 0.05) is 24.6 Å². The highest BCUT2D eigenvalue weighted by Crippen LogP contribution is 2.17. The molecule has 0 aliphatic carbocycles. The van der Waals surface area contributed by atoms with E-state index in [4.69, 9.17) is 4.74 Å². The first-order valence-corrected chi connectivity index (χ1v) is 8.73. The van der Waals surface area contributed by atoms with Gasteiger partial charge >= 0.3 is 0 Å². The maximum atomic E-state index is 13.3. The van der Waals surface area contributed by atoms with Gasteiger partial charge in [-0.25, -0.2) is 4.39 Å². The molecule has 1 N–H and O–H groups in total.